The second kappa shape index (κ2) is 3.68. The maximum absolute atomic E-state index is 12.7. The molecule has 0 aromatic carbocycles. The van der Waals surface area contributed by atoms with Crippen LogP contribution in [0.25, 0.3) is 0 Å². The largest absolute Gasteiger partial charge is 0.443 e. The summed E-state index contributed by atoms with van der Waals surface area (Å²) in [7, 11) is 0. The highest BCUT2D eigenvalue weighted by molar-refractivity contribution is 6.00. The van der Waals surface area contributed by atoms with Gasteiger partial charge in [0, 0.05) is 6.42 Å². The van der Waals surface area contributed by atoms with Gasteiger partial charge in [0.25, 0.3) is 5.79 Å². The van der Waals surface area contributed by atoms with Gasteiger partial charge in [0.15, 0.2) is 5.78 Å². The van der Waals surface area contributed by atoms with Crippen molar-refractivity contribution in [1.29, 1.82) is 0 Å². The number of ketones is 1. The monoisotopic (exact) mass is 248 g/mol. The van der Waals surface area contributed by atoms with Gasteiger partial charge in [-0.05, 0) is 37.1 Å². The summed E-state index contributed by atoms with van der Waals surface area (Å²) in [4.78, 5) is 10.9. The number of allylic oxidation sites excluding steroid dienone is 2. The Bertz CT molecular complexity index is 381. The Morgan fingerprint density at radius 3 is 2.35 bits per heavy atom. The smallest absolute Gasteiger partial charge is 0.358 e. The van der Waals surface area contributed by atoms with Crippen molar-refractivity contribution in [2.75, 3.05) is 0 Å². The lowest BCUT2D eigenvalue weighted by Crippen LogP contribution is -2.56. The lowest BCUT2D eigenvalue weighted by molar-refractivity contribution is -0.395. The van der Waals surface area contributed by atoms with Gasteiger partial charge in [-0.1, -0.05) is 0 Å². The number of rotatable bonds is 0. The van der Waals surface area contributed by atoms with E-state index in [2.05, 4.69) is 0 Å². The number of alkyl halides is 3. The number of ether oxygens (including phenoxy) is 1. The number of hydrogen-bond acceptors (Lipinski definition) is 3. The maximum Gasteiger partial charge on any atom is 0.443 e. The molecule has 1 saturated heterocycles. The molecule has 6 heteroatoms. The van der Waals surface area contributed by atoms with E-state index in [-0.39, 0.29) is 12.2 Å². The second-order valence-electron chi connectivity index (χ2n) is 4.26. The summed E-state index contributed by atoms with van der Waals surface area (Å²) in [6.07, 6.45) is -0.0113. The minimum atomic E-state index is -4.84. The third-order valence-corrected chi connectivity index (χ3v) is 2.94. The van der Waals surface area contributed by atoms with Crippen LogP contribution in [0.3, 0.4) is 0 Å². The number of halogens is 3. The molecule has 1 heterocycles. The molecular weight excluding hydrogens is 237 g/mol. The Hall–Kier alpha value is -1.14. The molecule has 1 fully saturated rings. The summed E-state index contributed by atoms with van der Waals surface area (Å²) in [6, 6.07) is 0. The summed E-state index contributed by atoms with van der Waals surface area (Å²) in [5.41, 5.74) is -1.32. The molecule has 1 N–H and O–H groups in total. The fraction of sp³-hybridized carbons (Fsp3) is 0.545. The predicted octanol–water partition coefficient (Wildman–Crippen LogP) is 1.87. The van der Waals surface area contributed by atoms with Crippen LogP contribution in [-0.4, -0.2) is 28.5 Å². The fourth-order valence-electron chi connectivity index (χ4n) is 2.01. The van der Waals surface area contributed by atoms with Crippen molar-refractivity contribution >= 4 is 5.78 Å². The molecule has 17 heavy (non-hydrogen) atoms. The Labute approximate surface area is 95.6 Å². The van der Waals surface area contributed by atoms with Gasteiger partial charge in [0.05, 0.1) is 0 Å². The zero-order valence-electron chi connectivity index (χ0n) is 8.83. The SMILES string of the molecule is O=C1C=CC2(C=C1)CCCC(O)(C(F)(F)F)O2. The molecule has 0 aromatic rings. The van der Waals surface area contributed by atoms with Gasteiger partial charge in [-0.3, -0.25) is 4.79 Å². The summed E-state index contributed by atoms with van der Waals surface area (Å²) in [6.45, 7) is 0. The first-order valence-corrected chi connectivity index (χ1v) is 5.18. The summed E-state index contributed by atoms with van der Waals surface area (Å²) in [5.74, 6) is -3.44. The van der Waals surface area contributed by atoms with E-state index in [1.165, 1.54) is 12.2 Å². The summed E-state index contributed by atoms with van der Waals surface area (Å²) < 4.78 is 42.8. The van der Waals surface area contributed by atoms with Crippen LogP contribution in [0.5, 0.6) is 0 Å². The van der Waals surface area contributed by atoms with Crippen LogP contribution in [-0.2, 0) is 9.53 Å². The van der Waals surface area contributed by atoms with Crippen molar-refractivity contribution in [2.45, 2.75) is 36.8 Å². The van der Waals surface area contributed by atoms with E-state index in [1.54, 1.807) is 0 Å². The molecule has 1 aliphatic carbocycles. The lowest BCUT2D eigenvalue weighted by Gasteiger charge is -2.43. The lowest BCUT2D eigenvalue weighted by atomic mass is 9.86. The molecule has 1 atom stereocenters. The third-order valence-electron chi connectivity index (χ3n) is 2.94. The van der Waals surface area contributed by atoms with Crippen molar-refractivity contribution < 1.29 is 27.8 Å². The maximum atomic E-state index is 12.7. The Morgan fingerprint density at radius 2 is 1.82 bits per heavy atom. The minimum absolute atomic E-state index is 0.166. The standard InChI is InChI=1S/C11H11F3O3/c12-11(13,14)10(16)5-1-4-9(17-10)6-2-8(15)3-7-9/h2-3,6-7,16H,1,4-5H2. The molecule has 94 valence electrons. The average Bonchev–Trinajstić information content (AvgIpc) is 2.22. The molecule has 1 aliphatic heterocycles. The summed E-state index contributed by atoms with van der Waals surface area (Å²) in [5, 5.41) is 9.49. The van der Waals surface area contributed by atoms with Crippen molar-refractivity contribution in [3.8, 4) is 0 Å². The summed E-state index contributed by atoms with van der Waals surface area (Å²) >= 11 is 0. The first-order valence-electron chi connectivity index (χ1n) is 5.18. The molecule has 2 rings (SSSR count). The van der Waals surface area contributed by atoms with Gasteiger partial charge in [-0.25, -0.2) is 0 Å². The average molecular weight is 248 g/mol. The number of aliphatic hydroxyl groups is 1. The Morgan fingerprint density at radius 1 is 1.24 bits per heavy atom. The van der Waals surface area contributed by atoms with Gasteiger partial charge in [-0.2, -0.15) is 13.2 Å². The topological polar surface area (TPSA) is 46.5 Å². The van der Waals surface area contributed by atoms with Crippen LogP contribution in [0, 0.1) is 0 Å². The van der Waals surface area contributed by atoms with E-state index in [1.807, 2.05) is 0 Å². The van der Waals surface area contributed by atoms with Crippen LogP contribution < -0.4 is 0 Å². The highest BCUT2D eigenvalue weighted by Gasteiger charge is 2.59. The van der Waals surface area contributed by atoms with Crippen molar-refractivity contribution in [3.63, 3.8) is 0 Å². The number of hydrogen-bond donors (Lipinski definition) is 1. The van der Waals surface area contributed by atoms with Crippen LogP contribution in [0.15, 0.2) is 24.3 Å². The molecule has 0 saturated carbocycles. The van der Waals surface area contributed by atoms with E-state index >= 15 is 0 Å². The minimum Gasteiger partial charge on any atom is -0.358 e. The van der Waals surface area contributed by atoms with E-state index in [9.17, 15) is 23.1 Å². The van der Waals surface area contributed by atoms with Crippen molar-refractivity contribution in [3.05, 3.63) is 24.3 Å². The molecule has 1 unspecified atom stereocenters. The van der Waals surface area contributed by atoms with Crippen LogP contribution in [0.2, 0.25) is 0 Å². The molecule has 3 nitrogen and oxygen atoms in total. The van der Waals surface area contributed by atoms with Gasteiger partial charge in [0.2, 0.25) is 0 Å². The van der Waals surface area contributed by atoms with Gasteiger partial charge < -0.3 is 9.84 Å². The first kappa shape index (κ1) is 12.3. The van der Waals surface area contributed by atoms with Gasteiger partial charge in [0.1, 0.15) is 5.60 Å². The first-order chi connectivity index (χ1) is 7.77. The normalized spacial score (nSPS) is 32.1. The van der Waals surface area contributed by atoms with E-state index < -0.39 is 24.0 Å². The quantitative estimate of drug-likeness (QED) is 0.711. The molecule has 1 spiro atoms. The van der Waals surface area contributed by atoms with Crippen molar-refractivity contribution in [2.24, 2.45) is 0 Å². The predicted molar refractivity (Wildman–Crippen MR) is 52.0 cm³/mol. The zero-order valence-corrected chi connectivity index (χ0v) is 8.83. The van der Waals surface area contributed by atoms with Crippen LogP contribution >= 0.6 is 0 Å². The fourth-order valence-corrected chi connectivity index (χ4v) is 2.01. The zero-order chi connectivity index (χ0) is 12.7. The van der Waals surface area contributed by atoms with Crippen molar-refractivity contribution in [1.82, 2.24) is 0 Å². The molecule has 0 bridgehead atoms. The number of carbonyl (C=O) groups is 1. The highest BCUT2D eigenvalue weighted by atomic mass is 19.4. The Kier molecular flexibility index (Phi) is 2.67. The molecular formula is C11H11F3O3. The molecule has 2 aliphatic rings. The van der Waals surface area contributed by atoms with E-state index in [4.69, 9.17) is 4.74 Å². The molecule has 0 aromatic heterocycles. The van der Waals surface area contributed by atoms with Gasteiger partial charge >= 0.3 is 6.18 Å². The second-order valence-corrected chi connectivity index (χ2v) is 4.26. The van der Waals surface area contributed by atoms with E-state index in [0.29, 0.717) is 6.42 Å². The highest BCUT2D eigenvalue weighted by Crippen LogP contribution is 2.45. The molecule has 0 amide bonds. The Balaban J connectivity index is 2.27. The van der Waals surface area contributed by atoms with E-state index in [0.717, 1.165) is 12.2 Å². The number of carbonyl (C=O) groups excluding carboxylic acids is 1. The van der Waals surface area contributed by atoms with Crippen LogP contribution in [0.4, 0.5) is 13.2 Å². The van der Waals surface area contributed by atoms with Crippen LogP contribution in [0.1, 0.15) is 19.3 Å². The van der Waals surface area contributed by atoms with Gasteiger partial charge in [-0.15, -0.1) is 0 Å². The molecule has 0 radical (unpaired) electrons. The third kappa shape index (κ3) is 2.14.